The molecule has 0 rings (SSSR count). The summed E-state index contributed by atoms with van der Waals surface area (Å²) in [6.45, 7) is 25.3. The zero-order valence-electron chi connectivity index (χ0n) is 21.9. The van der Waals surface area contributed by atoms with E-state index < -0.39 is 14.7 Å². The minimum atomic E-state index is -2.43. The van der Waals surface area contributed by atoms with Crippen LogP contribution in [0, 0.1) is 5.41 Å². The van der Waals surface area contributed by atoms with Gasteiger partial charge < -0.3 is 45.2 Å². The van der Waals surface area contributed by atoms with Gasteiger partial charge in [0.1, 0.15) is 0 Å². The molecule has 7 nitrogen and oxygen atoms in total. The summed E-state index contributed by atoms with van der Waals surface area (Å²) in [6, 6.07) is 0. The molecule has 0 amide bonds. The van der Waals surface area contributed by atoms with E-state index in [0.29, 0.717) is 0 Å². The monoisotopic (exact) mass is 505 g/mol. The van der Waals surface area contributed by atoms with Crippen LogP contribution in [0.5, 0.6) is 0 Å². The van der Waals surface area contributed by atoms with Gasteiger partial charge in [-0.15, -0.1) is 0 Å². The Morgan fingerprint density at radius 1 is 0.727 bits per heavy atom. The number of likely N-dealkylation sites (N-methyl/N-ethyl adjacent to an activating group) is 2. The number of hydrogen-bond donors (Lipinski definition) is 1. The van der Waals surface area contributed by atoms with Gasteiger partial charge in [0.25, 0.3) is 0 Å². The van der Waals surface area contributed by atoms with Crippen molar-refractivity contribution in [1.82, 2.24) is 0 Å². The van der Waals surface area contributed by atoms with Crippen LogP contribution in [0.4, 0.5) is 0 Å². The predicted molar refractivity (Wildman–Crippen MR) is 139 cm³/mol. The number of nitrogens with one attached hydrogen (secondary N) is 1. The standard InChI is InChI=1S/2C8H16N.C5H12O3Si.C3H5NO.ClH/c2*1-5-7-9(3,4)8-6-2;1-5-9(6-2,7-3)8-4;1-2-3(4)5;/h2*5-6H,1-2,7-8H2,3-4H3;5H,1H2,2-4H3;2H,1H2,(H2,4,5);1H/q2*+1;;;/p-2. The molecule has 0 atom stereocenters. The number of rotatable bonds is 13. The highest BCUT2D eigenvalue weighted by Crippen LogP contribution is 2.05. The Balaban J connectivity index is -0.000000107. The van der Waals surface area contributed by atoms with E-state index >= 15 is 0 Å². The van der Waals surface area contributed by atoms with Crippen LogP contribution in [0.1, 0.15) is 0 Å². The highest BCUT2D eigenvalue weighted by atomic mass is 35.5. The first kappa shape index (κ1) is 41.5. The lowest BCUT2D eigenvalue weighted by Crippen LogP contribution is -3.00. The lowest BCUT2D eigenvalue weighted by Gasteiger charge is -2.26. The molecule has 0 aliphatic carbocycles. The summed E-state index contributed by atoms with van der Waals surface area (Å²) >= 11 is 0. The number of hydrogen-bond acceptors (Lipinski definition) is 5. The van der Waals surface area contributed by atoms with Gasteiger partial charge in [-0.1, -0.05) is 45.5 Å². The zero-order chi connectivity index (χ0) is 26.3. The predicted octanol–water partition coefficient (Wildman–Crippen LogP) is -0.0267. The average Bonchev–Trinajstić information content (AvgIpc) is 2.71. The molecule has 9 heteroatoms. The van der Waals surface area contributed by atoms with E-state index in [0.717, 1.165) is 41.2 Å². The molecule has 0 aromatic rings. The van der Waals surface area contributed by atoms with Crippen molar-refractivity contribution in [2.45, 2.75) is 0 Å². The van der Waals surface area contributed by atoms with Gasteiger partial charge in [-0.3, -0.25) is 0 Å². The molecule has 0 aliphatic heterocycles. The third-order valence-electron chi connectivity index (χ3n) is 3.78. The van der Waals surface area contributed by atoms with Crippen LogP contribution >= 0.6 is 0 Å². The molecule has 194 valence electrons. The summed E-state index contributed by atoms with van der Waals surface area (Å²) in [7, 11) is 10.8. The molecule has 0 heterocycles. The molecule has 0 saturated carbocycles. The normalized spacial score (nSPS) is 10.0. The molecule has 0 aliphatic rings. The maximum atomic E-state index is 9.36. The first-order valence-corrected chi connectivity index (χ1v) is 11.8. The van der Waals surface area contributed by atoms with Gasteiger partial charge in [-0.05, 0) is 35.9 Å². The average molecular weight is 506 g/mol. The minimum Gasteiger partial charge on any atom is -1.00 e. The lowest BCUT2D eigenvalue weighted by molar-refractivity contribution is -0.878. The number of quaternary nitrogens is 2. The third-order valence-corrected chi connectivity index (χ3v) is 5.99. The van der Waals surface area contributed by atoms with Crippen LogP contribution < -0.4 is 17.5 Å². The molecule has 0 bridgehead atoms. The van der Waals surface area contributed by atoms with Gasteiger partial charge in [0.05, 0.1) is 54.4 Å². The summed E-state index contributed by atoms with van der Waals surface area (Å²) in [4.78, 5) is 0. The van der Waals surface area contributed by atoms with Gasteiger partial charge >= 0.3 is 8.80 Å². The van der Waals surface area contributed by atoms with E-state index in [2.05, 4.69) is 67.7 Å². The summed E-state index contributed by atoms with van der Waals surface area (Å²) in [5.74, 6) is -0.731. The molecule has 0 spiro atoms. The van der Waals surface area contributed by atoms with E-state index in [1.807, 2.05) is 24.3 Å². The van der Waals surface area contributed by atoms with Gasteiger partial charge in [0, 0.05) is 21.3 Å². The smallest absolute Gasteiger partial charge is 0.528 e. The Bertz CT molecular complexity index is 504. The van der Waals surface area contributed by atoms with Crippen molar-refractivity contribution in [3.8, 4) is 0 Å². The lowest BCUT2D eigenvalue weighted by atomic mass is 10.4. The van der Waals surface area contributed by atoms with Crippen molar-refractivity contribution in [2.75, 3.05) is 75.7 Å². The molecule has 0 aromatic carbocycles. The maximum absolute atomic E-state index is 9.36. The second kappa shape index (κ2) is 24.9. The summed E-state index contributed by atoms with van der Waals surface area (Å²) < 4.78 is 16.8. The summed E-state index contributed by atoms with van der Waals surface area (Å²) in [6.07, 6.45) is 8.68. The first-order valence-electron chi connectivity index (χ1n) is 10.0. The Kier molecular flexibility index (Phi) is 31.2. The SMILES string of the molecule is C=CC(=N)[O-].C=CC[N+](C)(C)CC=C.C=CC[N+](C)(C)CC=C.C=C[Si](OC)(OC)OC.[Cl-]. The Hall–Kier alpha value is -1.78. The van der Waals surface area contributed by atoms with Crippen molar-refractivity contribution in [1.29, 1.82) is 5.41 Å². The van der Waals surface area contributed by atoms with E-state index in [-0.39, 0.29) is 12.4 Å². The van der Waals surface area contributed by atoms with E-state index in [1.54, 1.807) is 27.0 Å². The molecule has 0 fully saturated rings. The quantitative estimate of drug-likeness (QED) is 0.125. The number of halogens is 1. The van der Waals surface area contributed by atoms with Crippen molar-refractivity contribution in [2.24, 2.45) is 0 Å². The number of nitrogens with zero attached hydrogens (tertiary/aromatic N) is 2. The van der Waals surface area contributed by atoms with Crippen LogP contribution in [-0.4, -0.2) is 99.4 Å². The van der Waals surface area contributed by atoms with Crippen LogP contribution in [0.25, 0.3) is 0 Å². The van der Waals surface area contributed by atoms with Crippen LogP contribution in [-0.2, 0) is 13.3 Å². The Labute approximate surface area is 211 Å². The minimum absolute atomic E-state index is 0. The van der Waals surface area contributed by atoms with Crippen LogP contribution in [0.2, 0.25) is 0 Å². The molecular weight excluding hydrogens is 458 g/mol. The Morgan fingerprint density at radius 3 is 1.00 bits per heavy atom. The van der Waals surface area contributed by atoms with E-state index in [4.69, 9.17) is 18.7 Å². The van der Waals surface area contributed by atoms with Crippen LogP contribution in [0.3, 0.4) is 0 Å². The Morgan fingerprint density at radius 2 is 0.939 bits per heavy atom. The summed E-state index contributed by atoms with van der Waals surface area (Å²) in [5.41, 5.74) is 1.58. The van der Waals surface area contributed by atoms with Gasteiger partial charge in [0.2, 0.25) is 0 Å². The molecule has 33 heavy (non-hydrogen) atoms. The van der Waals surface area contributed by atoms with Crippen LogP contribution in [0.15, 0.2) is 75.6 Å². The van der Waals surface area contributed by atoms with Crippen molar-refractivity contribution in [3.05, 3.63) is 75.6 Å². The zero-order valence-corrected chi connectivity index (χ0v) is 23.7. The second-order valence-electron chi connectivity index (χ2n) is 7.74. The summed E-state index contributed by atoms with van der Waals surface area (Å²) in [5, 5.41) is 15.4. The van der Waals surface area contributed by atoms with Gasteiger partial charge in [-0.25, -0.2) is 0 Å². The van der Waals surface area contributed by atoms with E-state index in [1.165, 1.54) is 0 Å². The molecular formula is C24H48ClN3O4Si. The fourth-order valence-corrected chi connectivity index (χ4v) is 3.05. The molecule has 0 saturated heterocycles. The third kappa shape index (κ3) is 30.2. The highest BCUT2D eigenvalue weighted by Gasteiger charge is 2.33. The second-order valence-corrected chi connectivity index (χ2v) is 10.6. The fourth-order valence-electron chi connectivity index (χ4n) is 2.05. The first-order chi connectivity index (χ1) is 14.8. The highest BCUT2D eigenvalue weighted by molar-refractivity contribution is 6.66. The molecule has 1 N–H and O–H groups in total. The maximum Gasteiger partial charge on any atom is 0.528 e. The topological polar surface area (TPSA) is 74.6 Å². The largest absolute Gasteiger partial charge is 1.00 e. The fraction of sp³-hybridized carbons (Fsp3) is 0.458. The van der Waals surface area contributed by atoms with Crippen molar-refractivity contribution >= 4 is 14.7 Å². The molecule has 0 aromatic heterocycles. The van der Waals surface area contributed by atoms with Gasteiger partial charge in [0.15, 0.2) is 0 Å². The van der Waals surface area contributed by atoms with E-state index in [9.17, 15) is 5.11 Å². The van der Waals surface area contributed by atoms with Crippen molar-refractivity contribution < 1.29 is 39.8 Å². The van der Waals surface area contributed by atoms with Gasteiger partial charge in [-0.2, -0.15) is 0 Å². The molecule has 0 unspecified atom stereocenters. The molecule has 0 radical (unpaired) electrons. The van der Waals surface area contributed by atoms with Crippen molar-refractivity contribution in [3.63, 3.8) is 0 Å².